The Kier molecular flexibility index (Phi) is 5.09. The van der Waals surface area contributed by atoms with E-state index in [4.69, 9.17) is 9.72 Å². The number of hydrogen-bond donors (Lipinski definition) is 0. The number of piperazine rings is 1. The van der Waals surface area contributed by atoms with Gasteiger partial charge < -0.3 is 14.5 Å². The van der Waals surface area contributed by atoms with E-state index in [1.165, 1.54) is 5.56 Å². The minimum absolute atomic E-state index is 0.587. The minimum Gasteiger partial charge on any atom is -0.481 e. The van der Waals surface area contributed by atoms with Crippen molar-refractivity contribution in [2.75, 3.05) is 43.1 Å². The molecule has 138 valence electrons. The predicted octanol–water partition coefficient (Wildman–Crippen LogP) is 2.19. The Morgan fingerprint density at radius 2 is 1.59 bits per heavy atom. The first-order valence-electron chi connectivity index (χ1n) is 9.04. The Hall–Kier alpha value is -3.22. The van der Waals surface area contributed by atoms with Gasteiger partial charge in [0.15, 0.2) is 0 Å². The zero-order valence-electron chi connectivity index (χ0n) is 15.3. The van der Waals surface area contributed by atoms with Crippen LogP contribution >= 0.6 is 0 Å². The SMILES string of the molecule is COc1ccnc(N2CCN(c3ccnc(Cc4ccccc4)n3)CC2)n1. The summed E-state index contributed by atoms with van der Waals surface area (Å²) in [6.07, 6.45) is 4.32. The van der Waals surface area contributed by atoms with Crippen LogP contribution in [0.5, 0.6) is 5.88 Å². The summed E-state index contributed by atoms with van der Waals surface area (Å²) in [5, 5.41) is 0. The third-order valence-corrected chi connectivity index (χ3v) is 4.61. The molecule has 0 spiro atoms. The summed E-state index contributed by atoms with van der Waals surface area (Å²) in [5.41, 5.74) is 1.22. The Bertz CT molecular complexity index is 880. The van der Waals surface area contributed by atoms with Gasteiger partial charge in [0.2, 0.25) is 11.8 Å². The molecule has 4 rings (SSSR count). The number of ether oxygens (including phenoxy) is 1. The molecule has 0 radical (unpaired) electrons. The fourth-order valence-electron chi connectivity index (χ4n) is 3.16. The zero-order chi connectivity index (χ0) is 18.5. The number of hydrogen-bond acceptors (Lipinski definition) is 7. The molecule has 7 heteroatoms. The largest absolute Gasteiger partial charge is 0.481 e. The van der Waals surface area contributed by atoms with Crippen LogP contribution in [0.3, 0.4) is 0 Å². The van der Waals surface area contributed by atoms with Gasteiger partial charge in [-0.05, 0) is 11.6 Å². The van der Waals surface area contributed by atoms with Crippen molar-refractivity contribution in [1.82, 2.24) is 19.9 Å². The summed E-state index contributed by atoms with van der Waals surface area (Å²) in [6, 6.07) is 14.0. The number of rotatable bonds is 5. The fourth-order valence-corrected chi connectivity index (χ4v) is 3.16. The smallest absolute Gasteiger partial charge is 0.228 e. The molecule has 1 saturated heterocycles. The summed E-state index contributed by atoms with van der Waals surface area (Å²) in [7, 11) is 1.62. The molecule has 0 amide bonds. The molecule has 0 bridgehead atoms. The lowest BCUT2D eigenvalue weighted by Gasteiger charge is -2.35. The third kappa shape index (κ3) is 4.13. The van der Waals surface area contributed by atoms with Gasteiger partial charge in [-0.2, -0.15) is 4.98 Å². The van der Waals surface area contributed by atoms with Crippen molar-refractivity contribution >= 4 is 11.8 Å². The maximum Gasteiger partial charge on any atom is 0.228 e. The van der Waals surface area contributed by atoms with Crippen molar-refractivity contribution in [2.24, 2.45) is 0 Å². The number of benzene rings is 1. The maximum absolute atomic E-state index is 5.19. The second kappa shape index (κ2) is 7.99. The monoisotopic (exact) mass is 362 g/mol. The Balaban J connectivity index is 1.41. The molecule has 0 aliphatic carbocycles. The molecule has 1 aliphatic heterocycles. The van der Waals surface area contributed by atoms with Crippen molar-refractivity contribution in [3.05, 3.63) is 66.2 Å². The number of anilines is 2. The van der Waals surface area contributed by atoms with Crippen molar-refractivity contribution in [1.29, 1.82) is 0 Å². The van der Waals surface area contributed by atoms with Gasteiger partial charge in [0.25, 0.3) is 0 Å². The zero-order valence-corrected chi connectivity index (χ0v) is 15.3. The van der Waals surface area contributed by atoms with E-state index in [1.54, 1.807) is 19.4 Å². The number of methoxy groups -OCH3 is 1. The molecule has 0 unspecified atom stereocenters. The van der Waals surface area contributed by atoms with Gasteiger partial charge in [0.1, 0.15) is 11.6 Å². The fraction of sp³-hybridized carbons (Fsp3) is 0.300. The molecule has 1 aromatic carbocycles. The summed E-state index contributed by atoms with van der Waals surface area (Å²) < 4.78 is 5.19. The third-order valence-electron chi connectivity index (χ3n) is 4.61. The first-order chi connectivity index (χ1) is 13.3. The van der Waals surface area contributed by atoms with Crippen LogP contribution in [0.25, 0.3) is 0 Å². The van der Waals surface area contributed by atoms with Crippen molar-refractivity contribution in [2.45, 2.75) is 6.42 Å². The van der Waals surface area contributed by atoms with Gasteiger partial charge in [-0.25, -0.2) is 15.0 Å². The summed E-state index contributed by atoms with van der Waals surface area (Å²) in [6.45, 7) is 3.40. The van der Waals surface area contributed by atoms with E-state index in [0.29, 0.717) is 11.8 Å². The van der Waals surface area contributed by atoms with Crippen molar-refractivity contribution < 1.29 is 4.74 Å². The van der Waals surface area contributed by atoms with E-state index in [-0.39, 0.29) is 0 Å². The molecule has 0 saturated carbocycles. The van der Waals surface area contributed by atoms with Gasteiger partial charge in [-0.15, -0.1) is 0 Å². The minimum atomic E-state index is 0.587. The van der Waals surface area contributed by atoms with E-state index < -0.39 is 0 Å². The molecule has 1 fully saturated rings. The Morgan fingerprint density at radius 3 is 2.37 bits per heavy atom. The lowest BCUT2D eigenvalue weighted by molar-refractivity contribution is 0.396. The molecule has 3 aromatic rings. The van der Waals surface area contributed by atoms with Crippen LogP contribution < -0.4 is 14.5 Å². The van der Waals surface area contributed by atoms with Crippen LogP contribution in [0.15, 0.2) is 54.9 Å². The molecular weight excluding hydrogens is 340 g/mol. The first-order valence-corrected chi connectivity index (χ1v) is 9.04. The van der Waals surface area contributed by atoms with Gasteiger partial charge in [-0.1, -0.05) is 30.3 Å². The standard InChI is InChI=1S/C20H22N6O/c1-27-19-8-10-22-20(24-19)26-13-11-25(12-14-26)18-7-9-21-17(23-18)15-16-5-3-2-4-6-16/h2-10H,11-15H2,1H3. The molecule has 0 atom stereocenters. The van der Waals surface area contributed by atoms with Crippen LogP contribution in [0.4, 0.5) is 11.8 Å². The van der Waals surface area contributed by atoms with Crippen molar-refractivity contribution in [3.63, 3.8) is 0 Å². The highest BCUT2D eigenvalue weighted by atomic mass is 16.5. The van der Waals surface area contributed by atoms with Crippen molar-refractivity contribution in [3.8, 4) is 5.88 Å². The average molecular weight is 362 g/mol. The van der Waals surface area contributed by atoms with Gasteiger partial charge in [0.05, 0.1) is 7.11 Å². The molecular formula is C20H22N6O. The lowest BCUT2D eigenvalue weighted by atomic mass is 10.1. The van der Waals surface area contributed by atoms with Crippen LogP contribution in [0, 0.1) is 0 Å². The quantitative estimate of drug-likeness (QED) is 0.689. The van der Waals surface area contributed by atoms with Crippen LogP contribution in [-0.2, 0) is 6.42 Å². The van der Waals surface area contributed by atoms with Crippen LogP contribution in [-0.4, -0.2) is 53.2 Å². The van der Waals surface area contributed by atoms with E-state index in [1.807, 2.05) is 30.5 Å². The average Bonchev–Trinajstić information content (AvgIpc) is 2.75. The summed E-state index contributed by atoms with van der Waals surface area (Å²) in [4.78, 5) is 22.4. The van der Waals surface area contributed by atoms with E-state index in [0.717, 1.165) is 44.2 Å². The van der Waals surface area contributed by atoms with Gasteiger partial charge in [-0.3, -0.25) is 0 Å². The molecule has 7 nitrogen and oxygen atoms in total. The van der Waals surface area contributed by atoms with E-state index in [9.17, 15) is 0 Å². The highest BCUT2D eigenvalue weighted by molar-refractivity contribution is 5.42. The van der Waals surface area contributed by atoms with Gasteiger partial charge >= 0.3 is 0 Å². The number of aromatic nitrogens is 4. The second-order valence-electron chi connectivity index (χ2n) is 6.37. The summed E-state index contributed by atoms with van der Waals surface area (Å²) >= 11 is 0. The maximum atomic E-state index is 5.19. The Labute approximate surface area is 158 Å². The highest BCUT2D eigenvalue weighted by Crippen LogP contribution is 2.18. The highest BCUT2D eigenvalue weighted by Gasteiger charge is 2.20. The van der Waals surface area contributed by atoms with Crippen LogP contribution in [0.1, 0.15) is 11.4 Å². The topological polar surface area (TPSA) is 67.3 Å². The molecule has 3 heterocycles. The first kappa shape index (κ1) is 17.2. The van der Waals surface area contributed by atoms with Gasteiger partial charge in [0, 0.05) is 51.1 Å². The second-order valence-corrected chi connectivity index (χ2v) is 6.37. The normalized spacial score (nSPS) is 14.3. The molecule has 1 aliphatic rings. The molecule has 0 N–H and O–H groups in total. The Morgan fingerprint density at radius 1 is 0.852 bits per heavy atom. The molecule has 27 heavy (non-hydrogen) atoms. The van der Waals surface area contributed by atoms with Crippen LogP contribution in [0.2, 0.25) is 0 Å². The summed E-state index contributed by atoms with van der Waals surface area (Å²) in [5.74, 6) is 3.12. The molecule has 2 aromatic heterocycles. The van der Waals surface area contributed by atoms with E-state index >= 15 is 0 Å². The van der Waals surface area contributed by atoms with E-state index in [2.05, 4.69) is 36.9 Å². The predicted molar refractivity (Wildman–Crippen MR) is 104 cm³/mol. The number of nitrogens with zero attached hydrogens (tertiary/aromatic N) is 6. The lowest BCUT2D eigenvalue weighted by Crippen LogP contribution is -2.47.